The lowest BCUT2D eigenvalue weighted by Gasteiger charge is -2.43. The minimum absolute atomic E-state index is 0.0690. The van der Waals surface area contributed by atoms with E-state index in [1.807, 2.05) is 0 Å². The summed E-state index contributed by atoms with van der Waals surface area (Å²) >= 11 is 0. The molecule has 26 heavy (non-hydrogen) atoms. The van der Waals surface area contributed by atoms with Gasteiger partial charge in [0.1, 0.15) is 11.2 Å². The van der Waals surface area contributed by atoms with Crippen molar-refractivity contribution in [2.75, 3.05) is 13.1 Å². The van der Waals surface area contributed by atoms with Crippen LogP contribution in [0.15, 0.2) is 24.3 Å². The van der Waals surface area contributed by atoms with E-state index < -0.39 is 17.5 Å². The van der Waals surface area contributed by atoms with Crippen LogP contribution in [-0.2, 0) is 16.0 Å². The number of carboxylic acid groups (broad SMARTS) is 1. The Morgan fingerprint density at radius 1 is 1.19 bits per heavy atom. The normalized spacial score (nSPS) is 25.9. The molecule has 2 atom stereocenters. The molecule has 1 amide bonds. The highest BCUT2D eigenvalue weighted by Crippen LogP contribution is 2.45. The van der Waals surface area contributed by atoms with E-state index in [0.29, 0.717) is 44.6 Å². The molecule has 1 aromatic rings. The third-order valence-corrected chi connectivity index (χ3v) is 5.68. The van der Waals surface area contributed by atoms with E-state index >= 15 is 0 Å². The predicted octanol–water partition coefficient (Wildman–Crippen LogP) is 2.61. The lowest BCUT2D eigenvalue weighted by molar-refractivity contribution is -0.167. The summed E-state index contributed by atoms with van der Waals surface area (Å²) in [6, 6.07) is 6.23. The maximum Gasteiger partial charge on any atom is 0.314 e. The van der Waals surface area contributed by atoms with E-state index in [4.69, 9.17) is 0 Å². The van der Waals surface area contributed by atoms with Gasteiger partial charge in [-0.3, -0.25) is 9.59 Å². The molecule has 1 saturated heterocycles. The molecule has 1 saturated carbocycles. The number of carbonyl (C=O) groups excluding carboxylic acids is 1. The second-order valence-electron chi connectivity index (χ2n) is 7.71. The van der Waals surface area contributed by atoms with Gasteiger partial charge in [-0.2, -0.15) is 0 Å². The van der Waals surface area contributed by atoms with E-state index in [-0.39, 0.29) is 18.3 Å². The summed E-state index contributed by atoms with van der Waals surface area (Å²) in [5, 5.41) is 20.1. The number of benzene rings is 1. The molecular weight excluding hydrogens is 337 g/mol. The smallest absolute Gasteiger partial charge is 0.314 e. The van der Waals surface area contributed by atoms with Gasteiger partial charge in [0.25, 0.3) is 0 Å². The fourth-order valence-electron chi connectivity index (χ4n) is 3.88. The largest absolute Gasteiger partial charge is 0.481 e. The maximum absolute atomic E-state index is 12.9. The molecule has 1 heterocycles. The molecule has 2 fully saturated rings. The van der Waals surface area contributed by atoms with E-state index in [2.05, 4.69) is 0 Å². The van der Waals surface area contributed by atoms with E-state index in [1.54, 1.807) is 17.0 Å². The zero-order chi connectivity index (χ0) is 18.7. The van der Waals surface area contributed by atoms with Crippen LogP contribution in [0.25, 0.3) is 0 Å². The number of amides is 1. The van der Waals surface area contributed by atoms with Gasteiger partial charge in [0.05, 0.1) is 6.10 Å². The van der Waals surface area contributed by atoms with Crippen LogP contribution in [0.5, 0.6) is 0 Å². The molecule has 1 aliphatic carbocycles. The topological polar surface area (TPSA) is 77.8 Å². The third-order valence-electron chi connectivity index (χ3n) is 5.68. The first-order valence-electron chi connectivity index (χ1n) is 9.34. The molecule has 3 rings (SSSR count). The number of carboxylic acids is 1. The molecule has 0 spiro atoms. The van der Waals surface area contributed by atoms with Crippen molar-refractivity contribution >= 4 is 11.9 Å². The molecule has 0 bridgehead atoms. The molecule has 0 unspecified atom stereocenters. The van der Waals surface area contributed by atoms with Crippen molar-refractivity contribution in [1.82, 2.24) is 4.90 Å². The summed E-state index contributed by atoms with van der Waals surface area (Å²) in [7, 11) is 0. The zero-order valence-electron chi connectivity index (χ0n) is 14.9. The molecule has 1 aliphatic heterocycles. The fraction of sp³-hybridized carbons (Fsp3) is 0.600. The number of hydrogen-bond donors (Lipinski definition) is 2. The van der Waals surface area contributed by atoms with Crippen molar-refractivity contribution in [2.45, 2.75) is 51.0 Å². The summed E-state index contributed by atoms with van der Waals surface area (Å²) in [4.78, 5) is 26.1. The number of carbonyl (C=O) groups is 2. The molecule has 1 aromatic carbocycles. The highest BCUT2D eigenvalue weighted by Gasteiger charge is 2.52. The molecule has 142 valence electrons. The van der Waals surface area contributed by atoms with Gasteiger partial charge in [0, 0.05) is 19.5 Å². The third kappa shape index (κ3) is 4.23. The molecule has 0 radical (unpaired) electrons. The second kappa shape index (κ2) is 7.74. The van der Waals surface area contributed by atoms with Crippen molar-refractivity contribution in [2.24, 2.45) is 11.3 Å². The van der Waals surface area contributed by atoms with Crippen molar-refractivity contribution in [1.29, 1.82) is 0 Å². The number of aliphatic hydroxyl groups is 1. The number of hydrogen-bond acceptors (Lipinski definition) is 3. The molecule has 5 nitrogen and oxygen atoms in total. The Hall–Kier alpha value is -1.95. The first-order chi connectivity index (χ1) is 12.4. The second-order valence-corrected chi connectivity index (χ2v) is 7.71. The fourth-order valence-corrected chi connectivity index (χ4v) is 3.88. The Bertz CT molecular complexity index is 658. The molecule has 6 heteroatoms. The maximum atomic E-state index is 12.9. The van der Waals surface area contributed by atoms with Crippen LogP contribution >= 0.6 is 0 Å². The van der Waals surface area contributed by atoms with Crippen LogP contribution in [0, 0.1) is 17.2 Å². The van der Waals surface area contributed by atoms with Crippen molar-refractivity contribution < 1.29 is 24.2 Å². The minimum Gasteiger partial charge on any atom is -0.481 e. The van der Waals surface area contributed by atoms with Gasteiger partial charge in [-0.15, -0.1) is 0 Å². The van der Waals surface area contributed by atoms with Gasteiger partial charge in [-0.05, 0) is 49.3 Å². The number of rotatable bonds is 7. The van der Waals surface area contributed by atoms with Gasteiger partial charge >= 0.3 is 5.97 Å². The Morgan fingerprint density at radius 3 is 2.50 bits per heavy atom. The highest BCUT2D eigenvalue weighted by molar-refractivity contribution is 5.80. The van der Waals surface area contributed by atoms with Crippen LogP contribution in [0.3, 0.4) is 0 Å². The lowest BCUT2D eigenvalue weighted by Crippen LogP contribution is -2.57. The van der Waals surface area contributed by atoms with Crippen molar-refractivity contribution in [3.05, 3.63) is 35.6 Å². The summed E-state index contributed by atoms with van der Waals surface area (Å²) in [6.07, 6.45) is 3.50. The van der Waals surface area contributed by atoms with Gasteiger partial charge in [0.15, 0.2) is 0 Å². The lowest BCUT2D eigenvalue weighted by atomic mass is 9.73. The first-order valence-corrected chi connectivity index (χ1v) is 9.34. The van der Waals surface area contributed by atoms with Crippen LogP contribution in [-0.4, -0.2) is 46.2 Å². The average Bonchev–Trinajstić information content (AvgIpc) is 3.42. The Labute approximate surface area is 152 Å². The van der Waals surface area contributed by atoms with E-state index in [9.17, 15) is 24.2 Å². The molecular formula is C20H26FNO4. The molecule has 0 aromatic heterocycles. The predicted molar refractivity (Wildman–Crippen MR) is 94.0 cm³/mol. The van der Waals surface area contributed by atoms with Crippen LogP contribution in [0.1, 0.15) is 44.1 Å². The summed E-state index contributed by atoms with van der Waals surface area (Å²) < 4.78 is 12.9. The zero-order valence-corrected chi connectivity index (χ0v) is 14.9. The van der Waals surface area contributed by atoms with E-state index in [0.717, 1.165) is 18.4 Å². The minimum atomic E-state index is -1.23. The quantitative estimate of drug-likeness (QED) is 0.781. The summed E-state index contributed by atoms with van der Waals surface area (Å²) in [6.45, 7) is 0.492. The first kappa shape index (κ1) is 18.8. The number of aryl methyl sites for hydroxylation is 1. The Kier molecular flexibility index (Phi) is 5.61. The van der Waals surface area contributed by atoms with Crippen LogP contribution in [0.4, 0.5) is 4.39 Å². The number of aliphatic hydroxyl groups excluding tert-OH is 1. The SMILES string of the molecule is O=C(CCCc1ccc(F)cc1)N1CC[C@@H](O)[C@](CC2CC2)(C(=O)O)C1. The monoisotopic (exact) mass is 363 g/mol. The molecule has 2 aliphatic rings. The van der Waals surface area contributed by atoms with Crippen molar-refractivity contribution in [3.8, 4) is 0 Å². The number of halogens is 1. The average molecular weight is 363 g/mol. The van der Waals surface area contributed by atoms with Gasteiger partial charge in [0.2, 0.25) is 5.91 Å². The summed E-state index contributed by atoms with van der Waals surface area (Å²) in [5.74, 6) is -0.993. The van der Waals surface area contributed by atoms with Gasteiger partial charge in [-0.1, -0.05) is 25.0 Å². The van der Waals surface area contributed by atoms with E-state index in [1.165, 1.54) is 12.1 Å². The van der Waals surface area contributed by atoms with Crippen LogP contribution < -0.4 is 0 Å². The highest BCUT2D eigenvalue weighted by atomic mass is 19.1. The van der Waals surface area contributed by atoms with Gasteiger partial charge in [-0.25, -0.2) is 4.39 Å². The number of likely N-dealkylation sites (tertiary alicyclic amines) is 1. The number of nitrogens with zero attached hydrogens (tertiary/aromatic N) is 1. The van der Waals surface area contributed by atoms with Crippen molar-refractivity contribution in [3.63, 3.8) is 0 Å². The number of piperidine rings is 1. The standard InChI is InChI=1S/C20H26FNO4/c21-16-8-6-14(7-9-16)2-1-3-18(24)22-11-10-17(23)20(13-22,19(25)26)12-15-4-5-15/h6-9,15,17,23H,1-5,10-13H2,(H,25,26)/t17-,20-/m1/s1. The van der Waals surface area contributed by atoms with Gasteiger partial charge < -0.3 is 15.1 Å². The Morgan fingerprint density at radius 2 is 1.88 bits per heavy atom. The van der Waals surface area contributed by atoms with Crippen LogP contribution in [0.2, 0.25) is 0 Å². The number of aliphatic carboxylic acids is 1. The molecule has 2 N–H and O–H groups in total. The Balaban J connectivity index is 1.56. The summed E-state index contributed by atoms with van der Waals surface area (Å²) in [5.41, 5.74) is -0.256.